The molecule has 1 aliphatic rings. The van der Waals surface area contributed by atoms with Crippen molar-refractivity contribution in [2.75, 3.05) is 27.3 Å². The molecule has 0 radical (unpaired) electrons. The summed E-state index contributed by atoms with van der Waals surface area (Å²) < 4.78 is 10.6. The van der Waals surface area contributed by atoms with Crippen molar-refractivity contribution in [1.29, 1.82) is 0 Å². The number of amides is 1. The molecule has 0 aliphatic carbocycles. The Balaban J connectivity index is 1.43. The fraction of sp³-hybridized carbons (Fsp3) is 0.360. The molecule has 0 bridgehead atoms. The molecule has 0 saturated heterocycles. The van der Waals surface area contributed by atoms with E-state index < -0.39 is 0 Å². The van der Waals surface area contributed by atoms with Gasteiger partial charge in [-0.3, -0.25) is 14.5 Å². The Bertz CT molecular complexity index is 1230. The topological polar surface area (TPSA) is 83.7 Å². The lowest BCUT2D eigenvalue weighted by Crippen LogP contribution is -2.41. The van der Waals surface area contributed by atoms with Crippen LogP contribution in [0.4, 0.5) is 0 Å². The Labute approximate surface area is 187 Å². The Morgan fingerprint density at radius 3 is 2.66 bits per heavy atom. The minimum absolute atomic E-state index is 0.0623. The zero-order valence-electron chi connectivity index (χ0n) is 19.0. The highest BCUT2D eigenvalue weighted by atomic mass is 16.5. The summed E-state index contributed by atoms with van der Waals surface area (Å²) in [4.78, 5) is 31.2. The van der Waals surface area contributed by atoms with Crippen molar-refractivity contribution in [3.8, 4) is 11.5 Å². The van der Waals surface area contributed by atoms with Crippen LogP contribution in [-0.2, 0) is 24.3 Å². The maximum atomic E-state index is 13.1. The molecular formula is C25H29N3O4. The van der Waals surface area contributed by atoms with E-state index in [2.05, 4.69) is 17.2 Å². The van der Waals surface area contributed by atoms with Crippen molar-refractivity contribution in [3.05, 3.63) is 68.5 Å². The lowest BCUT2D eigenvalue weighted by atomic mass is 9.99. The van der Waals surface area contributed by atoms with Crippen LogP contribution in [0.1, 0.15) is 27.9 Å². The molecule has 0 spiro atoms. The van der Waals surface area contributed by atoms with E-state index >= 15 is 0 Å². The number of hydrogen-bond acceptors (Lipinski definition) is 5. The first-order valence-corrected chi connectivity index (χ1v) is 10.7. The van der Waals surface area contributed by atoms with Gasteiger partial charge < -0.3 is 19.8 Å². The standard InChI is InChI=1S/C25H29N3O4/c1-15-5-7-18-24(16(15)2)27-20-9-10-28(13-19(20)25(18)30)14-23(29)26-12-17-6-8-21(31-3)22(11-17)32-4/h5-8,11H,9-10,12-14H2,1-4H3,(H,26,29)(H,27,30). The van der Waals surface area contributed by atoms with E-state index in [1.54, 1.807) is 14.2 Å². The van der Waals surface area contributed by atoms with Gasteiger partial charge in [0.1, 0.15) is 0 Å². The average molecular weight is 436 g/mol. The summed E-state index contributed by atoms with van der Waals surface area (Å²) in [7, 11) is 3.17. The van der Waals surface area contributed by atoms with Gasteiger partial charge in [0, 0.05) is 42.7 Å². The molecule has 2 aromatic carbocycles. The number of carbonyl (C=O) groups is 1. The first-order valence-electron chi connectivity index (χ1n) is 10.7. The lowest BCUT2D eigenvalue weighted by molar-refractivity contribution is -0.122. The molecule has 3 aromatic rings. The maximum absolute atomic E-state index is 13.1. The van der Waals surface area contributed by atoms with Crippen LogP contribution in [0.2, 0.25) is 0 Å². The monoisotopic (exact) mass is 435 g/mol. The predicted octanol–water partition coefficient (Wildman–Crippen LogP) is 2.84. The van der Waals surface area contributed by atoms with E-state index in [0.29, 0.717) is 30.0 Å². The number of rotatable bonds is 6. The van der Waals surface area contributed by atoms with Crippen molar-refractivity contribution < 1.29 is 14.3 Å². The van der Waals surface area contributed by atoms with Gasteiger partial charge in [-0.05, 0) is 48.7 Å². The van der Waals surface area contributed by atoms with Gasteiger partial charge in [-0.15, -0.1) is 0 Å². The Kier molecular flexibility index (Phi) is 6.19. The van der Waals surface area contributed by atoms with E-state index in [0.717, 1.165) is 46.4 Å². The molecule has 32 heavy (non-hydrogen) atoms. The SMILES string of the molecule is COc1ccc(CNC(=O)CN2CCc3[nH]c4c(C)c(C)ccc4c(=O)c3C2)cc1OC. The second kappa shape index (κ2) is 9.04. The van der Waals surface area contributed by atoms with Crippen LogP contribution in [0.5, 0.6) is 11.5 Å². The van der Waals surface area contributed by atoms with Crippen LogP contribution in [0.25, 0.3) is 10.9 Å². The number of ether oxygens (including phenoxy) is 2. The summed E-state index contributed by atoms with van der Waals surface area (Å²) in [5.41, 5.74) is 5.93. The molecule has 7 nitrogen and oxygen atoms in total. The van der Waals surface area contributed by atoms with Crippen LogP contribution < -0.4 is 20.2 Å². The number of benzene rings is 2. The quantitative estimate of drug-likeness (QED) is 0.622. The second-order valence-corrected chi connectivity index (χ2v) is 8.27. The van der Waals surface area contributed by atoms with Gasteiger partial charge in [-0.1, -0.05) is 12.1 Å². The first kappa shape index (κ1) is 21.9. The van der Waals surface area contributed by atoms with Gasteiger partial charge in [-0.2, -0.15) is 0 Å². The van der Waals surface area contributed by atoms with Crippen molar-refractivity contribution in [1.82, 2.24) is 15.2 Å². The van der Waals surface area contributed by atoms with E-state index in [-0.39, 0.29) is 17.9 Å². The Morgan fingerprint density at radius 2 is 1.91 bits per heavy atom. The van der Waals surface area contributed by atoms with Crippen molar-refractivity contribution in [2.45, 2.75) is 33.4 Å². The normalized spacial score (nSPS) is 13.6. The highest BCUT2D eigenvalue weighted by Crippen LogP contribution is 2.27. The Morgan fingerprint density at radius 1 is 1.12 bits per heavy atom. The fourth-order valence-corrected chi connectivity index (χ4v) is 4.23. The molecule has 0 saturated carbocycles. The van der Waals surface area contributed by atoms with E-state index in [1.807, 2.05) is 42.2 Å². The smallest absolute Gasteiger partial charge is 0.234 e. The largest absolute Gasteiger partial charge is 0.493 e. The maximum Gasteiger partial charge on any atom is 0.234 e. The van der Waals surface area contributed by atoms with Gasteiger partial charge in [0.15, 0.2) is 16.9 Å². The van der Waals surface area contributed by atoms with Crippen molar-refractivity contribution in [2.24, 2.45) is 0 Å². The fourth-order valence-electron chi connectivity index (χ4n) is 4.23. The molecule has 0 atom stereocenters. The second-order valence-electron chi connectivity index (χ2n) is 8.27. The average Bonchev–Trinajstić information content (AvgIpc) is 2.80. The minimum Gasteiger partial charge on any atom is -0.493 e. The summed E-state index contributed by atoms with van der Waals surface area (Å²) in [6.07, 6.45) is 0.719. The number of fused-ring (bicyclic) bond motifs is 2. The third-order valence-electron chi connectivity index (χ3n) is 6.26. The van der Waals surface area contributed by atoms with Gasteiger partial charge in [0.2, 0.25) is 5.91 Å². The minimum atomic E-state index is -0.0769. The summed E-state index contributed by atoms with van der Waals surface area (Å²) >= 11 is 0. The Hall–Kier alpha value is -3.32. The van der Waals surface area contributed by atoms with Crippen LogP contribution in [0.3, 0.4) is 0 Å². The van der Waals surface area contributed by atoms with Crippen LogP contribution in [-0.4, -0.2) is 43.1 Å². The third-order valence-corrected chi connectivity index (χ3v) is 6.26. The zero-order valence-corrected chi connectivity index (χ0v) is 19.0. The number of aryl methyl sites for hydroxylation is 2. The van der Waals surface area contributed by atoms with Gasteiger partial charge in [0.25, 0.3) is 0 Å². The number of aromatic amines is 1. The van der Waals surface area contributed by atoms with Gasteiger partial charge in [-0.25, -0.2) is 0 Å². The van der Waals surface area contributed by atoms with Gasteiger partial charge >= 0.3 is 0 Å². The first-order chi connectivity index (χ1) is 15.4. The molecule has 2 heterocycles. The molecule has 2 N–H and O–H groups in total. The van der Waals surface area contributed by atoms with E-state index in [1.165, 1.54) is 0 Å². The van der Waals surface area contributed by atoms with Crippen molar-refractivity contribution >= 4 is 16.8 Å². The van der Waals surface area contributed by atoms with E-state index in [4.69, 9.17) is 9.47 Å². The number of hydrogen-bond donors (Lipinski definition) is 2. The summed E-state index contributed by atoms with van der Waals surface area (Å²) in [6, 6.07) is 9.45. The number of carbonyl (C=O) groups excluding carboxylic acids is 1. The summed E-state index contributed by atoms with van der Waals surface area (Å²) in [6.45, 7) is 5.93. The molecular weight excluding hydrogens is 406 g/mol. The third kappa shape index (κ3) is 4.21. The number of H-pyrrole nitrogens is 1. The number of pyridine rings is 1. The molecule has 7 heteroatoms. The van der Waals surface area contributed by atoms with Crippen LogP contribution in [0.15, 0.2) is 35.1 Å². The van der Waals surface area contributed by atoms with Crippen molar-refractivity contribution in [3.63, 3.8) is 0 Å². The molecule has 1 aromatic heterocycles. The molecule has 1 aliphatic heterocycles. The number of nitrogens with zero attached hydrogens (tertiary/aromatic N) is 1. The summed E-state index contributed by atoms with van der Waals surface area (Å²) in [5.74, 6) is 1.20. The zero-order chi connectivity index (χ0) is 22.8. The van der Waals surface area contributed by atoms with E-state index in [9.17, 15) is 9.59 Å². The molecule has 1 amide bonds. The van der Waals surface area contributed by atoms with Crippen LogP contribution in [0, 0.1) is 13.8 Å². The molecule has 0 fully saturated rings. The predicted molar refractivity (Wildman–Crippen MR) is 124 cm³/mol. The summed E-state index contributed by atoms with van der Waals surface area (Å²) in [5, 5.41) is 3.67. The molecule has 168 valence electrons. The number of methoxy groups -OCH3 is 2. The van der Waals surface area contributed by atoms with Crippen LogP contribution >= 0.6 is 0 Å². The highest BCUT2D eigenvalue weighted by Gasteiger charge is 2.23. The molecule has 0 unspecified atom stereocenters. The number of nitrogens with one attached hydrogen (secondary N) is 2. The molecule has 4 rings (SSSR count). The number of aromatic nitrogens is 1. The van der Waals surface area contributed by atoms with Gasteiger partial charge in [0.05, 0.1) is 26.3 Å². The highest BCUT2D eigenvalue weighted by molar-refractivity contribution is 5.83. The lowest BCUT2D eigenvalue weighted by Gasteiger charge is -2.28.